The molecule has 1 aliphatic heterocycles. The maximum Gasteiger partial charge on any atom is 0.221 e. The first kappa shape index (κ1) is 24.4. The monoisotopic (exact) mass is 451 g/mol. The van der Waals surface area contributed by atoms with Gasteiger partial charge in [-0.05, 0) is 30.3 Å². The van der Waals surface area contributed by atoms with E-state index in [1.807, 2.05) is 6.07 Å². The van der Waals surface area contributed by atoms with Crippen LogP contribution in [0, 0.1) is 5.82 Å². The lowest BCUT2D eigenvalue weighted by atomic mass is 10.2. The zero-order valence-electron chi connectivity index (χ0n) is 17.6. The quantitative estimate of drug-likeness (QED) is 0.665. The number of piperazine rings is 1. The molecule has 0 atom stereocenters. The van der Waals surface area contributed by atoms with E-state index in [0.29, 0.717) is 23.7 Å². The number of anilines is 2. The average molecular weight is 452 g/mol. The van der Waals surface area contributed by atoms with Crippen LogP contribution in [0.3, 0.4) is 0 Å². The molecule has 0 aliphatic carbocycles. The largest absolute Gasteiger partial charge is 0.493 e. The van der Waals surface area contributed by atoms with Crippen molar-refractivity contribution in [2.75, 3.05) is 56.7 Å². The van der Waals surface area contributed by atoms with Crippen molar-refractivity contribution < 1.29 is 23.5 Å². The molecule has 1 amide bonds. The van der Waals surface area contributed by atoms with Crippen LogP contribution < -0.4 is 19.7 Å². The van der Waals surface area contributed by atoms with E-state index < -0.39 is 0 Å². The first-order chi connectivity index (χ1) is 14.4. The number of hydrogen-bond donors (Lipinski definition) is 1. The van der Waals surface area contributed by atoms with E-state index in [9.17, 15) is 14.0 Å². The van der Waals surface area contributed by atoms with Crippen LogP contribution in [-0.2, 0) is 9.59 Å². The number of amides is 1. The van der Waals surface area contributed by atoms with Crippen LogP contribution >= 0.6 is 12.4 Å². The third kappa shape index (κ3) is 7.11. The number of methoxy groups -OCH3 is 1. The van der Waals surface area contributed by atoms with Crippen LogP contribution in [0.1, 0.15) is 6.92 Å². The minimum absolute atomic E-state index is 0. The topological polar surface area (TPSA) is 71.1 Å². The van der Waals surface area contributed by atoms with E-state index >= 15 is 0 Å². The highest BCUT2D eigenvalue weighted by atomic mass is 35.5. The molecule has 1 saturated heterocycles. The number of carbonyl (C=O) groups is 2. The molecule has 7 nitrogen and oxygen atoms in total. The van der Waals surface area contributed by atoms with Crippen LogP contribution in [0.2, 0.25) is 0 Å². The van der Waals surface area contributed by atoms with Crippen molar-refractivity contribution >= 4 is 35.5 Å². The summed E-state index contributed by atoms with van der Waals surface area (Å²) in [4.78, 5) is 27.7. The Hall–Kier alpha value is -2.84. The molecular weight excluding hydrogens is 425 g/mol. The van der Waals surface area contributed by atoms with Gasteiger partial charge in [-0.15, -0.1) is 12.4 Å². The van der Waals surface area contributed by atoms with Gasteiger partial charge in [-0.1, -0.05) is 6.07 Å². The fourth-order valence-electron chi connectivity index (χ4n) is 3.36. The van der Waals surface area contributed by atoms with Crippen molar-refractivity contribution in [3.63, 3.8) is 0 Å². The van der Waals surface area contributed by atoms with E-state index in [1.165, 1.54) is 26.2 Å². The molecule has 2 aromatic carbocycles. The minimum Gasteiger partial charge on any atom is -0.493 e. The summed E-state index contributed by atoms with van der Waals surface area (Å²) in [6.45, 7) is 4.55. The number of nitrogens with zero attached hydrogens (tertiary/aromatic N) is 2. The van der Waals surface area contributed by atoms with Gasteiger partial charge in [0, 0.05) is 50.5 Å². The van der Waals surface area contributed by atoms with Crippen LogP contribution in [0.15, 0.2) is 42.5 Å². The van der Waals surface area contributed by atoms with Crippen LogP contribution in [0.4, 0.5) is 15.8 Å². The Morgan fingerprint density at radius 2 is 1.81 bits per heavy atom. The van der Waals surface area contributed by atoms with Crippen molar-refractivity contribution in [3.8, 4) is 11.5 Å². The Kier molecular flexibility index (Phi) is 9.08. The van der Waals surface area contributed by atoms with E-state index in [0.717, 1.165) is 31.9 Å². The summed E-state index contributed by atoms with van der Waals surface area (Å²) >= 11 is 0. The molecular formula is C22H27ClFN3O4. The highest BCUT2D eigenvalue weighted by Gasteiger charge is 2.20. The number of nitrogens with one attached hydrogen (secondary N) is 1. The Balaban J connectivity index is 0.00000341. The number of Topliss-reactive ketones (excluding diaryl/α,β-unsaturated/α-hetero) is 1. The summed E-state index contributed by atoms with van der Waals surface area (Å²) in [5, 5.41) is 2.67. The number of ketones is 1. The number of hydrogen-bond acceptors (Lipinski definition) is 6. The van der Waals surface area contributed by atoms with Crippen molar-refractivity contribution in [3.05, 3.63) is 48.3 Å². The summed E-state index contributed by atoms with van der Waals surface area (Å²) in [5.74, 6) is 0.414. The van der Waals surface area contributed by atoms with Crippen LogP contribution in [0.5, 0.6) is 11.5 Å². The van der Waals surface area contributed by atoms with Gasteiger partial charge in [-0.2, -0.15) is 0 Å². The number of halogens is 2. The van der Waals surface area contributed by atoms with Gasteiger partial charge in [0.25, 0.3) is 0 Å². The number of rotatable bonds is 8. The maximum atomic E-state index is 13.4. The summed E-state index contributed by atoms with van der Waals surface area (Å²) in [5.41, 5.74) is 1.45. The summed E-state index contributed by atoms with van der Waals surface area (Å²) in [6, 6.07) is 11.6. The van der Waals surface area contributed by atoms with Gasteiger partial charge in [0.1, 0.15) is 12.4 Å². The Bertz CT molecular complexity index is 904. The average Bonchev–Trinajstić information content (AvgIpc) is 2.73. The minimum atomic E-state index is -0.247. The van der Waals surface area contributed by atoms with Gasteiger partial charge in [-0.3, -0.25) is 14.5 Å². The van der Waals surface area contributed by atoms with E-state index in [-0.39, 0.29) is 36.5 Å². The van der Waals surface area contributed by atoms with Gasteiger partial charge >= 0.3 is 0 Å². The maximum absolute atomic E-state index is 13.4. The molecule has 0 radical (unpaired) electrons. The Labute approximate surface area is 187 Å². The molecule has 9 heteroatoms. The summed E-state index contributed by atoms with van der Waals surface area (Å²) in [6.07, 6.45) is 0. The van der Waals surface area contributed by atoms with Gasteiger partial charge < -0.3 is 19.7 Å². The zero-order valence-corrected chi connectivity index (χ0v) is 18.4. The van der Waals surface area contributed by atoms with Gasteiger partial charge in [-0.25, -0.2) is 4.39 Å². The van der Waals surface area contributed by atoms with Gasteiger partial charge in [0.2, 0.25) is 5.91 Å². The molecule has 0 bridgehead atoms. The number of benzene rings is 2. The SMILES string of the molecule is COc1cc(NC(C)=O)ccc1OCC(=O)CN1CCN(c2cccc(F)c2)CC1.Cl. The smallest absolute Gasteiger partial charge is 0.221 e. The standard InChI is InChI=1S/C22H26FN3O4.ClH/c1-16(27)24-18-6-7-21(22(13-18)29-2)30-15-20(28)14-25-8-10-26(11-9-25)19-5-3-4-17(23)12-19;/h3-7,12-13H,8-11,14-15H2,1-2H3,(H,24,27);1H. The van der Waals surface area contributed by atoms with Crippen molar-refractivity contribution in [1.82, 2.24) is 4.90 Å². The predicted octanol–water partition coefficient (Wildman–Crippen LogP) is 2.98. The van der Waals surface area contributed by atoms with Crippen LogP contribution in [-0.4, -0.2) is 63.0 Å². The van der Waals surface area contributed by atoms with E-state index in [1.54, 1.807) is 24.3 Å². The lowest BCUT2D eigenvalue weighted by Crippen LogP contribution is -2.48. The van der Waals surface area contributed by atoms with Crippen LogP contribution in [0.25, 0.3) is 0 Å². The normalized spacial score (nSPS) is 13.8. The third-order valence-electron chi connectivity index (χ3n) is 4.82. The first-order valence-electron chi connectivity index (χ1n) is 9.77. The zero-order chi connectivity index (χ0) is 21.5. The second kappa shape index (κ2) is 11.5. The van der Waals surface area contributed by atoms with E-state index in [4.69, 9.17) is 9.47 Å². The molecule has 2 aromatic rings. The van der Waals surface area contributed by atoms with Crippen molar-refractivity contribution in [2.24, 2.45) is 0 Å². The molecule has 168 valence electrons. The molecule has 3 rings (SSSR count). The second-order valence-electron chi connectivity index (χ2n) is 7.12. The first-order valence-corrected chi connectivity index (χ1v) is 9.77. The van der Waals surface area contributed by atoms with E-state index in [2.05, 4.69) is 15.1 Å². The molecule has 0 unspecified atom stereocenters. The highest BCUT2D eigenvalue weighted by Crippen LogP contribution is 2.30. The lowest BCUT2D eigenvalue weighted by Gasteiger charge is -2.35. The second-order valence-corrected chi connectivity index (χ2v) is 7.12. The summed E-state index contributed by atoms with van der Waals surface area (Å²) in [7, 11) is 1.50. The molecule has 1 fully saturated rings. The molecule has 31 heavy (non-hydrogen) atoms. The Morgan fingerprint density at radius 1 is 1.06 bits per heavy atom. The lowest BCUT2D eigenvalue weighted by molar-refractivity contribution is -0.122. The third-order valence-corrected chi connectivity index (χ3v) is 4.82. The van der Waals surface area contributed by atoms with Crippen molar-refractivity contribution in [1.29, 1.82) is 0 Å². The van der Waals surface area contributed by atoms with Crippen molar-refractivity contribution in [2.45, 2.75) is 6.92 Å². The Morgan fingerprint density at radius 3 is 2.45 bits per heavy atom. The summed E-state index contributed by atoms with van der Waals surface area (Å²) < 4.78 is 24.3. The van der Waals surface area contributed by atoms with Gasteiger partial charge in [0.05, 0.1) is 13.7 Å². The molecule has 0 spiro atoms. The predicted molar refractivity (Wildman–Crippen MR) is 120 cm³/mol. The molecule has 0 aromatic heterocycles. The van der Waals surface area contributed by atoms with Gasteiger partial charge in [0.15, 0.2) is 17.3 Å². The molecule has 1 N–H and O–H groups in total. The molecule has 1 heterocycles. The molecule has 1 aliphatic rings. The molecule has 0 saturated carbocycles. The fraction of sp³-hybridized carbons (Fsp3) is 0.364. The highest BCUT2D eigenvalue weighted by molar-refractivity contribution is 5.89. The number of carbonyl (C=O) groups excluding carboxylic acids is 2. The number of ether oxygens (including phenoxy) is 2. The fourth-order valence-corrected chi connectivity index (χ4v) is 3.36.